The molecule has 4 rings (SSSR count). The highest BCUT2D eigenvalue weighted by atomic mass is 16.7. The van der Waals surface area contributed by atoms with Crippen molar-refractivity contribution < 1.29 is 28.5 Å². The van der Waals surface area contributed by atoms with Crippen LogP contribution in [0, 0.1) is 0 Å². The monoisotopic (exact) mass is 449 g/mol. The molecule has 7 heteroatoms. The Morgan fingerprint density at radius 2 is 1.97 bits per heavy atom. The Kier molecular flexibility index (Phi) is 6.40. The number of allylic oxidation sites excluding steroid dienone is 3. The van der Waals surface area contributed by atoms with Crippen molar-refractivity contribution in [3.8, 4) is 0 Å². The maximum Gasteiger partial charge on any atom is 0.338 e. The second-order valence-electron chi connectivity index (χ2n) is 7.50. The van der Waals surface area contributed by atoms with E-state index >= 15 is 0 Å². The maximum atomic E-state index is 13.0. The summed E-state index contributed by atoms with van der Waals surface area (Å²) in [5, 5.41) is 3.47. The van der Waals surface area contributed by atoms with E-state index < -0.39 is 5.97 Å². The minimum absolute atomic E-state index is 0.194. The number of nitrogens with zero attached hydrogens (tertiary/aromatic N) is 1. The number of methoxy groups -OCH3 is 2. The average Bonchev–Trinajstić information content (AvgIpc) is 3.12. The van der Waals surface area contributed by atoms with E-state index in [9.17, 15) is 4.79 Å². The molecule has 33 heavy (non-hydrogen) atoms. The number of carbonyl (C=O) groups is 1. The van der Waals surface area contributed by atoms with Crippen LogP contribution in [0.3, 0.4) is 0 Å². The van der Waals surface area contributed by atoms with Gasteiger partial charge >= 0.3 is 5.97 Å². The SMILES string of the molecule is C/C=c1\c(=C/C2=C(C)OCO2)ncc2c3c(c(C(=O)OCC)cc12)C=C(OC)C(OC)=CC3. The largest absolute Gasteiger partial charge is 0.493 e. The average molecular weight is 450 g/mol. The van der Waals surface area contributed by atoms with Crippen molar-refractivity contribution in [2.75, 3.05) is 27.6 Å². The molecule has 0 spiro atoms. The van der Waals surface area contributed by atoms with Gasteiger partial charge in [-0.1, -0.05) is 6.08 Å². The topological polar surface area (TPSA) is 76.1 Å². The lowest BCUT2D eigenvalue weighted by Crippen LogP contribution is -2.29. The summed E-state index contributed by atoms with van der Waals surface area (Å²) in [6.45, 7) is 6.07. The Balaban J connectivity index is 2.07. The van der Waals surface area contributed by atoms with Crippen LogP contribution in [-0.4, -0.2) is 38.6 Å². The lowest BCUT2D eigenvalue weighted by atomic mass is 9.92. The van der Waals surface area contributed by atoms with Gasteiger partial charge in [-0.25, -0.2) is 4.79 Å². The lowest BCUT2D eigenvalue weighted by Gasteiger charge is -2.14. The minimum atomic E-state index is -0.390. The summed E-state index contributed by atoms with van der Waals surface area (Å²) in [5.74, 6) is 2.12. The Labute approximate surface area is 192 Å². The second-order valence-corrected chi connectivity index (χ2v) is 7.50. The van der Waals surface area contributed by atoms with Gasteiger partial charge < -0.3 is 23.7 Å². The molecular weight excluding hydrogens is 422 g/mol. The number of rotatable bonds is 5. The molecule has 1 aliphatic heterocycles. The van der Waals surface area contributed by atoms with E-state index in [2.05, 4.69) is 0 Å². The first-order valence-electron chi connectivity index (χ1n) is 10.8. The van der Waals surface area contributed by atoms with Crippen LogP contribution in [0.2, 0.25) is 0 Å². The van der Waals surface area contributed by atoms with E-state index in [4.69, 9.17) is 28.7 Å². The smallest absolute Gasteiger partial charge is 0.338 e. The van der Waals surface area contributed by atoms with Gasteiger partial charge in [0.25, 0.3) is 0 Å². The Bertz CT molecular complexity index is 1330. The zero-order valence-corrected chi connectivity index (χ0v) is 19.5. The first-order valence-corrected chi connectivity index (χ1v) is 10.8. The highest BCUT2D eigenvalue weighted by Crippen LogP contribution is 2.32. The van der Waals surface area contributed by atoms with Crippen LogP contribution in [0.15, 0.2) is 41.4 Å². The van der Waals surface area contributed by atoms with Crippen LogP contribution in [0.5, 0.6) is 0 Å². The lowest BCUT2D eigenvalue weighted by molar-refractivity contribution is 0.0526. The quantitative estimate of drug-likeness (QED) is 0.649. The third-order valence-corrected chi connectivity index (χ3v) is 5.76. The van der Waals surface area contributed by atoms with Gasteiger partial charge in [0.15, 0.2) is 17.3 Å². The molecule has 0 radical (unpaired) electrons. The number of ether oxygens (including phenoxy) is 5. The van der Waals surface area contributed by atoms with Gasteiger partial charge in [0.05, 0.1) is 31.7 Å². The van der Waals surface area contributed by atoms with Gasteiger partial charge in [0, 0.05) is 22.9 Å². The van der Waals surface area contributed by atoms with Gasteiger partial charge in [0.2, 0.25) is 6.79 Å². The molecule has 0 saturated carbocycles. The molecule has 0 N–H and O–H groups in total. The molecule has 0 atom stereocenters. The van der Waals surface area contributed by atoms with Gasteiger partial charge in [-0.2, -0.15) is 0 Å². The number of carbonyl (C=O) groups excluding carboxylic acids is 1. The van der Waals surface area contributed by atoms with Crippen molar-refractivity contribution in [1.29, 1.82) is 0 Å². The zero-order valence-electron chi connectivity index (χ0n) is 19.5. The van der Waals surface area contributed by atoms with Crippen molar-refractivity contribution in [2.45, 2.75) is 27.2 Å². The standard InChI is InChI=1S/C26H27NO6/c1-6-16-18-10-20(26(28)31-7-2)19-11-25(30-5)23(29-4)9-8-17(19)21(18)13-27-22(16)12-24-15(3)32-14-33-24/h6,9-13H,7-8,14H2,1-5H3/b16-6-,22-12+. The van der Waals surface area contributed by atoms with Crippen molar-refractivity contribution >= 4 is 35.0 Å². The summed E-state index contributed by atoms with van der Waals surface area (Å²) in [5.41, 5.74) is 2.17. The zero-order chi connectivity index (χ0) is 23.5. The molecule has 0 unspecified atom stereocenters. The van der Waals surface area contributed by atoms with Crippen molar-refractivity contribution in [2.24, 2.45) is 0 Å². The molecule has 0 amide bonds. The number of hydrogen-bond acceptors (Lipinski definition) is 7. The highest BCUT2D eigenvalue weighted by molar-refractivity contribution is 6.02. The van der Waals surface area contributed by atoms with Crippen molar-refractivity contribution in [1.82, 2.24) is 4.98 Å². The third-order valence-electron chi connectivity index (χ3n) is 5.76. The Morgan fingerprint density at radius 3 is 2.61 bits per heavy atom. The Hall–Kier alpha value is -3.74. The summed E-state index contributed by atoms with van der Waals surface area (Å²) in [4.78, 5) is 17.7. The van der Waals surface area contributed by atoms with E-state index in [0.29, 0.717) is 35.0 Å². The van der Waals surface area contributed by atoms with Crippen molar-refractivity contribution in [3.63, 3.8) is 0 Å². The van der Waals surface area contributed by atoms with E-state index in [1.807, 2.05) is 50.4 Å². The summed E-state index contributed by atoms with van der Waals surface area (Å²) in [6, 6.07) is 1.87. The first kappa shape index (κ1) is 22.5. The molecule has 2 heterocycles. The number of esters is 1. The molecule has 1 aliphatic carbocycles. The number of hydrogen-bond donors (Lipinski definition) is 0. The predicted molar refractivity (Wildman–Crippen MR) is 125 cm³/mol. The molecular formula is C26H27NO6. The minimum Gasteiger partial charge on any atom is -0.493 e. The predicted octanol–water partition coefficient (Wildman–Crippen LogP) is 3.30. The third kappa shape index (κ3) is 4.06. The van der Waals surface area contributed by atoms with Crippen LogP contribution in [0.1, 0.15) is 42.3 Å². The fraction of sp³-hybridized carbons (Fsp3) is 0.308. The first-order chi connectivity index (χ1) is 16.0. The van der Waals surface area contributed by atoms with Crippen LogP contribution >= 0.6 is 0 Å². The molecule has 2 aliphatic rings. The summed E-state index contributed by atoms with van der Waals surface area (Å²) in [7, 11) is 3.17. The molecule has 7 nitrogen and oxygen atoms in total. The van der Waals surface area contributed by atoms with E-state index in [0.717, 1.165) is 32.5 Å². The number of pyridine rings is 1. The van der Waals surface area contributed by atoms with Crippen LogP contribution < -0.4 is 10.6 Å². The maximum absolute atomic E-state index is 13.0. The second kappa shape index (κ2) is 9.40. The Morgan fingerprint density at radius 1 is 1.18 bits per heavy atom. The van der Waals surface area contributed by atoms with Crippen LogP contribution in [0.4, 0.5) is 0 Å². The number of fused-ring (bicyclic) bond motifs is 3. The highest BCUT2D eigenvalue weighted by Gasteiger charge is 2.23. The molecule has 172 valence electrons. The number of aromatic nitrogens is 1. The van der Waals surface area contributed by atoms with Gasteiger partial charge in [-0.15, -0.1) is 0 Å². The van der Waals surface area contributed by atoms with E-state index in [1.54, 1.807) is 21.1 Å². The fourth-order valence-electron chi connectivity index (χ4n) is 4.13. The molecule has 1 aromatic heterocycles. The fourth-order valence-corrected chi connectivity index (χ4v) is 4.13. The normalized spacial score (nSPS) is 16.5. The molecule has 0 fully saturated rings. The van der Waals surface area contributed by atoms with Crippen LogP contribution in [0.25, 0.3) is 29.0 Å². The van der Waals surface area contributed by atoms with E-state index in [1.165, 1.54) is 0 Å². The van der Waals surface area contributed by atoms with E-state index in [-0.39, 0.29) is 13.4 Å². The summed E-state index contributed by atoms with van der Waals surface area (Å²) < 4.78 is 27.4. The number of benzene rings is 1. The van der Waals surface area contributed by atoms with Gasteiger partial charge in [0.1, 0.15) is 5.76 Å². The molecule has 0 bridgehead atoms. The van der Waals surface area contributed by atoms with Crippen LogP contribution in [-0.2, 0) is 30.1 Å². The van der Waals surface area contributed by atoms with Crippen molar-refractivity contribution in [3.05, 3.63) is 68.6 Å². The molecule has 2 aromatic rings. The van der Waals surface area contributed by atoms with Gasteiger partial charge in [-0.3, -0.25) is 4.98 Å². The molecule has 1 aromatic carbocycles. The van der Waals surface area contributed by atoms with Gasteiger partial charge in [-0.05, 0) is 61.9 Å². The summed E-state index contributed by atoms with van der Waals surface area (Å²) >= 11 is 0. The summed E-state index contributed by atoms with van der Waals surface area (Å²) in [6.07, 6.45) is 10.00. The molecule has 0 saturated heterocycles.